The average molecular weight is 968 g/mol. The molecular weight excluding hydrogens is 879 g/mol. The molecular formula is C48H89N9O11. The van der Waals surface area contributed by atoms with Crippen molar-refractivity contribution in [3.63, 3.8) is 0 Å². The maximum Gasteiger partial charge on any atom is 0.326 e. The molecule has 392 valence electrons. The van der Waals surface area contributed by atoms with Crippen molar-refractivity contribution in [3.05, 3.63) is 5.82 Å². The van der Waals surface area contributed by atoms with E-state index in [1.54, 1.807) is 0 Å². The number of aliphatic carboxylic acids is 1. The number of H-pyrrole nitrogens is 1. The van der Waals surface area contributed by atoms with E-state index in [0.29, 0.717) is 19.4 Å². The summed E-state index contributed by atoms with van der Waals surface area (Å²) in [6.07, 6.45) is 18.1. The zero-order valence-corrected chi connectivity index (χ0v) is 42.4. The van der Waals surface area contributed by atoms with Gasteiger partial charge in [0.05, 0.1) is 45.7 Å². The largest absolute Gasteiger partial charge is 0.480 e. The molecule has 1 unspecified atom stereocenters. The number of tetrazole rings is 1. The molecule has 20 nitrogen and oxygen atoms in total. The van der Waals surface area contributed by atoms with Gasteiger partial charge in [0.25, 0.3) is 0 Å². The molecule has 4 amide bonds. The van der Waals surface area contributed by atoms with Crippen LogP contribution in [-0.4, -0.2) is 151 Å². The Morgan fingerprint density at radius 1 is 0.544 bits per heavy atom. The van der Waals surface area contributed by atoms with Gasteiger partial charge in [-0.05, 0) is 59.3 Å². The summed E-state index contributed by atoms with van der Waals surface area (Å²) in [5.41, 5.74) is -0.609. The summed E-state index contributed by atoms with van der Waals surface area (Å²) in [5.74, 6) is -1.39. The number of carboxylic acid groups (broad SMARTS) is 1. The monoisotopic (exact) mass is 968 g/mol. The lowest BCUT2D eigenvalue weighted by Crippen LogP contribution is -2.50. The number of aromatic amines is 1. The van der Waals surface area contributed by atoms with E-state index in [1.165, 1.54) is 51.4 Å². The minimum atomic E-state index is -1.17. The number of carboxylic acids is 1. The second kappa shape index (κ2) is 38.7. The maximum absolute atomic E-state index is 12.9. The third-order valence-corrected chi connectivity index (χ3v) is 10.7. The first kappa shape index (κ1) is 61.9. The maximum atomic E-state index is 12.9. The third kappa shape index (κ3) is 36.9. The van der Waals surface area contributed by atoms with E-state index in [2.05, 4.69) is 47.2 Å². The molecule has 7 N–H and O–H groups in total. The molecule has 0 aliphatic carbocycles. The van der Waals surface area contributed by atoms with Crippen LogP contribution in [0.3, 0.4) is 0 Å². The van der Waals surface area contributed by atoms with Gasteiger partial charge in [-0.3, -0.25) is 24.0 Å². The van der Waals surface area contributed by atoms with Crippen molar-refractivity contribution in [1.29, 1.82) is 0 Å². The summed E-state index contributed by atoms with van der Waals surface area (Å²) < 4.78 is 21.5. The van der Waals surface area contributed by atoms with Crippen molar-refractivity contribution in [1.82, 2.24) is 47.2 Å². The quantitative estimate of drug-likeness (QED) is 0.0444. The molecule has 20 heteroatoms. The van der Waals surface area contributed by atoms with Crippen LogP contribution in [0.15, 0.2) is 0 Å². The van der Waals surface area contributed by atoms with E-state index < -0.39 is 17.4 Å². The number of ether oxygens (including phenoxy) is 4. The zero-order valence-electron chi connectivity index (χ0n) is 42.4. The van der Waals surface area contributed by atoms with Gasteiger partial charge >= 0.3 is 5.97 Å². The van der Waals surface area contributed by atoms with Crippen LogP contribution in [0.25, 0.3) is 0 Å². The molecule has 1 heterocycles. The van der Waals surface area contributed by atoms with Crippen molar-refractivity contribution >= 4 is 35.4 Å². The molecule has 68 heavy (non-hydrogen) atoms. The van der Waals surface area contributed by atoms with Gasteiger partial charge in [0.15, 0.2) is 11.6 Å². The van der Waals surface area contributed by atoms with E-state index in [1.807, 2.05) is 41.5 Å². The molecule has 0 radical (unpaired) electrons. The summed E-state index contributed by atoms with van der Waals surface area (Å²) in [6, 6.07) is -1.37. The van der Waals surface area contributed by atoms with Crippen molar-refractivity contribution in [3.8, 4) is 0 Å². The van der Waals surface area contributed by atoms with Gasteiger partial charge in [-0.15, -0.1) is 10.2 Å². The number of amides is 4. The van der Waals surface area contributed by atoms with Gasteiger partial charge in [0, 0.05) is 49.9 Å². The Kier molecular flexibility index (Phi) is 35.2. The zero-order chi connectivity index (χ0) is 50.3. The molecule has 1 aromatic heterocycles. The van der Waals surface area contributed by atoms with E-state index in [-0.39, 0.29) is 126 Å². The molecule has 0 bridgehead atoms. The predicted molar refractivity (Wildman–Crippen MR) is 259 cm³/mol. The van der Waals surface area contributed by atoms with Crippen molar-refractivity contribution in [2.75, 3.05) is 72.5 Å². The molecule has 0 aliphatic heterocycles. The number of unbranched alkanes of at least 4 members (excludes halogenated alkanes) is 13. The Bertz CT molecular complexity index is 1500. The molecule has 0 aliphatic rings. The number of carbonyl (C=O) groups is 6. The van der Waals surface area contributed by atoms with Gasteiger partial charge in [0.1, 0.15) is 19.3 Å². The standard InChI is InChI=1S/C48H89N9O11/c1-47(2,3)45(62)38(53-48(4,5)6)22-20-21-27-49-43(60)36-67-34-33-66-31-29-51-44(61)37-68-35-32-65-30-28-50-41(58)26-25-39(46(63)64)52-42(59)24-19-17-15-13-11-9-7-8-10-12-14-16-18-23-40-54-56-57-55-40/h38-39,53H,7-37H2,1-6H3,(H,49,60)(H,50,58)(H,51,61)(H,52,59)(H,63,64)(H,54,55,56,57)/t38?,39-/m0/s1. The number of Topliss-reactive ketones (excluding diaryl/α,β-unsaturated/α-hetero) is 1. The van der Waals surface area contributed by atoms with Crippen LogP contribution < -0.4 is 26.6 Å². The molecule has 0 aromatic carbocycles. The lowest BCUT2D eigenvalue weighted by Gasteiger charge is -2.31. The van der Waals surface area contributed by atoms with Crippen LogP contribution in [0, 0.1) is 5.41 Å². The smallest absolute Gasteiger partial charge is 0.326 e. The first-order valence-electron chi connectivity index (χ1n) is 25.2. The van der Waals surface area contributed by atoms with Crippen molar-refractivity contribution in [2.24, 2.45) is 5.41 Å². The summed E-state index contributed by atoms with van der Waals surface area (Å²) in [4.78, 5) is 73.3. The molecule has 1 aromatic rings. The Balaban J connectivity index is 1.93. The van der Waals surface area contributed by atoms with Crippen LogP contribution in [0.4, 0.5) is 0 Å². The summed E-state index contributed by atoms with van der Waals surface area (Å²) >= 11 is 0. The molecule has 2 atom stereocenters. The van der Waals surface area contributed by atoms with Gasteiger partial charge in [-0.2, -0.15) is 5.21 Å². The van der Waals surface area contributed by atoms with Crippen LogP contribution in [0.5, 0.6) is 0 Å². The SMILES string of the molecule is CC(C)(C)NC(CCCCNC(=O)COCCOCCNC(=O)COCCOCCNC(=O)CC[C@H](NC(=O)CCCCCCCCCCCCCCCc1nn[nH]n1)C(=O)O)C(=O)C(C)(C)C. The highest BCUT2D eigenvalue weighted by Gasteiger charge is 2.31. The van der Waals surface area contributed by atoms with Gasteiger partial charge in [-0.25, -0.2) is 4.79 Å². The van der Waals surface area contributed by atoms with Gasteiger partial charge < -0.3 is 50.6 Å². The highest BCUT2D eigenvalue weighted by Crippen LogP contribution is 2.21. The summed E-state index contributed by atoms with van der Waals surface area (Å²) in [7, 11) is 0. The number of nitrogens with one attached hydrogen (secondary N) is 6. The number of ketones is 1. The highest BCUT2D eigenvalue weighted by molar-refractivity contribution is 5.88. The summed E-state index contributed by atoms with van der Waals surface area (Å²) in [6.45, 7) is 14.0. The molecule has 0 saturated carbocycles. The second-order valence-electron chi connectivity index (χ2n) is 19.4. The Morgan fingerprint density at radius 2 is 1.04 bits per heavy atom. The van der Waals surface area contributed by atoms with Crippen molar-refractivity contribution in [2.45, 2.75) is 188 Å². The van der Waals surface area contributed by atoms with E-state index in [9.17, 15) is 33.9 Å². The lowest BCUT2D eigenvalue weighted by atomic mass is 9.84. The fourth-order valence-corrected chi connectivity index (χ4v) is 7.10. The number of aromatic nitrogens is 4. The first-order valence-corrected chi connectivity index (χ1v) is 25.2. The molecule has 0 saturated heterocycles. The molecule has 0 fully saturated rings. The molecule has 1 rings (SSSR count). The number of carbonyl (C=O) groups excluding carboxylic acids is 5. The second-order valence-corrected chi connectivity index (χ2v) is 19.4. The number of nitrogens with zero attached hydrogens (tertiary/aromatic N) is 3. The minimum Gasteiger partial charge on any atom is -0.480 e. The van der Waals surface area contributed by atoms with E-state index in [0.717, 1.165) is 50.8 Å². The minimum absolute atomic E-state index is 0.0187. The number of hydrogen-bond acceptors (Lipinski definition) is 14. The topological polar surface area (TPSA) is 274 Å². The van der Waals surface area contributed by atoms with Crippen molar-refractivity contribution < 1.29 is 52.8 Å². The van der Waals surface area contributed by atoms with E-state index >= 15 is 0 Å². The Morgan fingerprint density at radius 3 is 1.54 bits per heavy atom. The third-order valence-electron chi connectivity index (χ3n) is 10.7. The molecule has 0 spiro atoms. The van der Waals surface area contributed by atoms with Crippen LogP contribution >= 0.6 is 0 Å². The van der Waals surface area contributed by atoms with Crippen LogP contribution in [0.1, 0.15) is 169 Å². The number of hydrogen-bond donors (Lipinski definition) is 7. The number of rotatable bonds is 44. The average Bonchev–Trinajstić information content (AvgIpc) is 3.80. The summed E-state index contributed by atoms with van der Waals surface area (Å²) in [5, 5.41) is 37.7. The Labute approximate surface area is 405 Å². The van der Waals surface area contributed by atoms with Gasteiger partial charge in [0.2, 0.25) is 23.6 Å². The predicted octanol–water partition coefficient (Wildman–Crippen LogP) is 4.51. The van der Waals surface area contributed by atoms with Crippen LogP contribution in [0.2, 0.25) is 0 Å². The Hall–Kier alpha value is -4.11. The normalized spacial score (nSPS) is 12.6. The van der Waals surface area contributed by atoms with Gasteiger partial charge in [-0.1, -0.05) is 96.6 Å². The fourth-order valence-electron chi connectivity index (χ4n) is 7.10. The fraction of sp³-hybridized carbons (Fsp3) is 0.854. The lowest BCUT2D eigenvalue weighted by molar-refractivity contribution is -0.142. The van der Waals surface area contributed by atoms with E-state index in [4.69, 9.17) is 18.9 Å². The number of aryl methyl sites for hydroxylation is 1. The highest BCUT2D eigenvalue weighted by atomic mass is 16.5. The van der Waals surface area contributed by atoms with Crippen LogP contribution in [-0.2, 0) is 54.1 Å². The first-order chi connectivity index (χ1) is 32.5.